The number of nitrogens with one attached hydrogen (secondary N) is 1. The predicted molar refractivity (Wildman–Crippen MR) is 86.5 cm³/mol. The molecule has 1 unspecified atom stereocenters. The van der Waals surface area contributed by atoms with Crippen molar-refractivity contribution >= 4 is 45.7 Å². The molecule has 0 aliphatic carbocycles. The minimum absolute atomic E-state index is 0.249. The molecule has 0 fully saturated rings. The molecular formula is C13H14ClN3O2S2. The standard InChI is InChI=1S/C13H14ClN3O2S2/c1-3-10(19-9-6-4-5-8(14)7-9)11(18)15-12-16-17-13(20-2)21-12/h4-7,10H,3H2,1-2H3,(H,15,16,18). The van der Waals surface area contributed by atoms with E-state index in [1.807, 2.05) is 13.2 Å². The lowest BCUT2D eigenvalue weighted by Gasteiger charge is -2.16. The second-order valence-electron chi connectivity index (χ2n) is 4.04. The lowest BCUT2D eigenvalue weighted by atomic mass is 10.2. The van der Waals surface area contributed by atoms with Crippen LogP contribution in [0.1, 0.15) is 13.3 Å². The van der Waals surface area contributed by atoms with Crippen LogP contribution in [0.25, 0.3) is 0 Å². The van der Waals surface area contributed by atoms with Crippen LogP contribution in [0.3, 0.4) is 0 Å². The van der Waals surface area contributed by atoms with Crippen molar-refractivity contribution in [3.8, 4) is 5.75 Å². The topological polar surface area (TPSA) is 64.1 Å². The van der Waals surface area contributed by atoms with Gasteiger partial charge in [-0.1, -0.05) is 47.7 Å². The minimum atomic E-state index is -0.606. The molecule has 0 bridgehead atoms. The van der Waals surface area contributed by atoms with Crippen LogP contribution in [0.15, 0.2) is 28.6 Å². The number of benzene rings is 1. The Morgan fingerprint density at radius 3 is 2.95 bits per heavy atom. The van der Waals surface area contributed by atoms with Crippen LogP contribution in [0.2, 0.25) is 5.02 Å². The summed E-state index contributed by atoms with van der Waals surface area (Å²) in [7, 11) is 0. The molecule has 0 aliphatic heterocycles. The van der Waals surface area contributed by atoms with E-state index in [0.717, 1.165) is 4.34 Å². The van der Waals surface area contributed by atoms with Crippen molar-refractivity contribution in [3.63, 3.8) is 0 Å². The number of hydrogen-bond acceptors (Lipinski definition) is 6. The molecule has 2 rings (SSSR count). The number of halogens is 1. The number of carbonyl (C=O) groups is 1. The van der Waals surface area contributed by atoms with E-state index in [9.17, 15) is 4.79 Å². The molecule has 1 aromatic carbocycles. The van der Waals surface area contributed by atoms with Crippen molar-refractivity contribution in [3.05, 3.63) is 29.3 Å². The Bertz CT molecular complexity index is 621. The van der Waals surface area contributed by atoms with Gasteiger partial charge in [0.05, 0.1) is 0 Å². The van der Waals surface area contributed by atoms with Gasteiger partial charge in [0.2, 0.25) is 5.13 Å². The van der Waals surface area contributed by atoms with Gasteiger partial charge in [-0.15, -0.1) is 10.2 Å². The number of anilines is 1. The van der Waals surface area contributed by atoms with Gasteiger partial charge in [-0.25, -0.2) is 0 Å². The summed E-state index contributed by atoms with van der Waals surface area (Å²) in [6, 6.07) is 6.96. The van der Waals surface area contributed by atoms with Crippen LogP contribution in [0, 0.1) is 0 Å². The van der Waals surface area contributed by atoms with E-state index < -0.39 is 6.10 Å². The second-order valence-corrected chi connectivity index (χ2v) is 6.51. The Hall–Kier alpha value is -1.31. The first kappa shape index (κ1) is 16.1. The number of ether oxygens (including phenoxy) is 1. The third kappa shape index (κ3) is 4.59. The Kier molecular flexibility index (Phi) is 5.84. The molecule has 0 spiro atoms. The van der Waals surface area contributed by atoms with Gasteiger partial charge in [0.1, 0.15) is 5.75 Å². The highest BCUT2D eigenvalue weighted by Crippen LogP contribution is 2.24. The molecule has 5 nitrogen and oxygen atoms in total. The van der Waals surface area contributed by atoms with Crippen LogP contribution >= 0.6 is 34.7 Å². The predicted octanol–water partition coefficient (Wildman–Crippen LogP) is 3.71. The Morgan fingerprint density at radius 2 is 2.33 bits per heavy atom. The van der Waals surface area contributed by atoms with Crippen LogP contribution in [0.5, 0.6) is 5.75 Å². The molecule has 1 aromatic heterocycles. The molecule has 0 aliphatic rings. The molecule has 112 valence electrons. The summed E-state index contributed by atoms with van der Waals surface area (Å²) in [6.45, 7) is 1.88. The number of rotatable bonds is 6. The number of carbonyl (C=O) groups excluding carboxylic acids is 1. The van der Waals surface area contributed by atoms with E-state index in [2.05, 4.69) is 15.5 Å². The molecular weight excluding hydrogens is 330 g/mol. The van der Waals surface area contributed by atoms with Gasteiger partial charge >= 0.3 is 0 Å². The van der Waals surface area contributed by atoms with Crippen LogP contribution < -0.4 is 10.1 Å². The minimum Gasteiger partial charge on any atom is -0.481 e. The first-order chi connectivity index (χ1) is 10.1. The molecule has 1 amide bonds. The summed E-state index contributed by atoms with van der Waals surface area (Å²) < 4.78 is 6.47. The van der Waals surface area contributed by atoms with Gasteiger partial charge in [0, 0.05) is 5.02 Å². The third-order valence-electron chi connectivity index (χ3n) is 2.55. The number of amides is 1. The highest BCUT2D eigenvalue weighted by atomic mass is 35.5. The Labute approximate surface area is 136 Å². The van der Waals surface area contributed by atoms with E-state index >= 15 is 0 Å². The van der Waals surface area contributed by atoms with Gasteiger partial charge in [0.15, 0.2) is 10.4 Å². The fraction of sp³-hybridized carbons (Fsp3) is 0.308. The normalized spacial score (nSPS) is 12.0. The lowest BCUT2D eigenvalue weighted by molar-refractivity contribution is -0.122. The summed E-state index contributed by atoms with van der Waals surface area (Å²) in [4.78, 5) is 12.2. The second kappa shape index (κ2) is 7.63. The molecule has 2 aromatic rings. The van der Waals surface area contributed by atoms with E-state index in [0.29, 0.717) is 22.3 Å². The summed E-state index contributed by atoms with van der Waals surface area (Å²) >= 11 is 8.71. The van der Waals surface area contributed by atoms with Crippen molar-refractivity contribution in [1.29, 1.82) is 0 Å². The lowest BCUT2D eigenvalue weighted by Crippen LogP contribution is -2.32. The molecule has 0 saturated carbocycles. The van der Waals surface area contributed by atoms with Gasteiger partial charge in [-0.3, -0.25) is 10.1 Å². The fourth-order valence-electron chi connectivity index (χ4n) is 1.56. The molecule has 21 heavy (non-hydrogen) atoms. The first-order valence-electron chi connectivity index (χ1n) is 6.23. The average molecular weight is 344 g/mol. The maximum atomic E-state index is 12.2. The highest BCUT2D eigenvalue weighted by molar-refractivity contribution is 8.00. The van der Waals surface area contributed by atoms with Crippen LogP contribution in [-0.4, -0.2) is 28.5 Å². The SMILES string of the molecule is CCC(Oc1cccc(Cl)c1)C(=O)Nc1nnc(SC)s1. The maximum Gasteiger partial charge on any atom is 0.267 e. The van der Waals surface area contributed by atoms with Gasteiger partial charge in [0.25, 0.3) is 5.91 Å². The average Bonchev–Trinajstić information content (AvgIpc) is 2.92. The largest absolute Gasteiger partial charge is 0.481 e. The molecule has 1 N–H and O–H groups in total. The van der Waals surface area contributed by atoms with Crippen LogP contribution in [-0.2, 0) is 4.79 Å². The molecule has 0 saturated heterocycles. The Morgan fingerprint density at radius 1 is 1.52 bits per heavy atom. The fourth-order valence-corrected chi connectivity index (χ4v) is 2.91. The van der Waals surface area contributed by atoms with Gasteiger partial charge < -0.3 is 4.74 Å². The third-order valence-corrected chi connectivity index (χ3v) is 4.60. The smallest absolute Gasteiger partial charge is 0.267 e. The van der Waals surface area contributed by atoms with Crippen molar-refractivity contribution in [2.45, 2.75) is 23.8 Å². The van der Waals surface area contributed by atoms with E-state index in [4.69, 9.17) is 16.3 Å². The number of hydrogen-bond donors (Lipinski definition) is 1. The van der Waals surface area contributed by atoms with Crippen molar-refractivity contribution in [2.75, 3.05) is 11.6 Å². The zero-order chi connectivity index (χ0) is 15.2. The Balaban J connectivity index is 2.01. The first-order valence-corrected chi connectivity index (χ1v) is 8.65. The molecule has 1 heterocycles. The number of aromatic nitrogens is 2. The maximum absolute atomic E-state index is 12.2. The van der Waals surface area contributed by atoms with E-state index in [1.165, 1.54) is 23.1 Å². The zero-order valence-electron chi connectivity index (χ0n) is 11.5. The summed E-state index contributed by atoms with van der Waals surface area (Å²) in [5, 5.41) is 11.6. The zero-order valence-corrected chi connectivity index (χ0v) is 13.9. The monoisotopic (exact) mass is 343 g/mol. The van der Waals surface area contributed by atoms with Gasteiger partial charge in [-0.05, 0) is 30.9 Å². The van der Waals surface area contributed by atoms with Crippen molar-refractivity contribution in [1.82, 2.24) is 10.2 Å². The summed E-state index contributed by atoms with van der Waals surface area (Å²) in [5.41, 5.74) is 0. The van der Waals surface area contributed by atoms with Crippen LogP contribution in [0.4, 0.5) is 5.13 Å². The van der Waals surface area contributed by atoms with Crippen molar-refractivity contribution in [2.24, 2.45) is 0 Å². The summed E-state index contributed by atoms with van der Waals surface area (Å²) in [6.07, 6.45) is 1.83. The van der Waals surface area contributed by atoms with Gasteiger partial charge in [-0.2, -0.15) is 0 Å². The molecule has 0 radical (unpaired) electrons. The number of thioether (sulfide) groups is 1. The quantitative estimate of drug-likeness (QED) is 0.640. The summed E-state index contributed by atoms with van der Waals surface area (Å²) in [5.74, 6) is 0.313. The molecule has 1 atom stereocenters. The highest BCUT2D eigenvalue weighted by Gasteiger charge is 2.20. The number of nitrogens with zero attached hydrogens (tertiary/aromatic N) is 2. The molecule has 8 heteroatoms. The van der Waals surface area contributed by atoms with Crippen molar-refractivity contribution < 1.29 is 9.53 Å². The van der Waals surface area contributed by atoms with E-state index in [-0.39, 0.29) is 5.91 Å². The van der Waals surface area contributed by atoms with E-state index in [1.54, 1.807) is 24.3 Å².